The van der Waals surface area contributed by atoms with Crippen LogP contribution in [0.1, 0.15) is 28.9 Å². The summed E-state index contributed by atoms with van der Waals surface area (Å²) in [6, 6.07) is 7.74. The van der Waals surface area contributed by atoms with Crippen LogP contribution in [0.15, 0.2) is 34.9 Å². The molecular weight excluding hydrogens is 242 g/mol. The third-order valence-corrected chi connectivity index (χ3v) is 2.73. The molecule has 0 atom stereocenters. The van der Waals surface area contributed by atoms with Crippen LogP contribution in [-0.2, 0) is 13.0 Å². The van der Waals surface area contributed by atoms with Crippen molar-refractivity contribution in [2.75, 3.05) is 12.4 Å². The number of rotatable bonds is 5. The Morgan fingerprint density at radius 1 is 1.32 bits per heavy atom. The molecule has 1 amide bonds. The maximum atomic E-state index is 11.9. The highest BCUT2D eigenvalue weighted by Gasteiger charge is 2.11. The zero-order valence-corrected chi connectivity index (χ0v) is 11.1. The normalized spacial score (nSPS) is 10.4. The molecule has 0 bridgehead atoms. The number of oxazole rings is 1. The van der Waals surface area contributed by atoms with Gasteiger partial charge in [0.1, 0.15) is 6.26 Å². The van der Waals surface area contributed by atoms with E-state index in [1.165, 1.54) is 11.8 Å². The fourth-order valence-corrected chi connectivity index (χ4v) is 1.67. The number of carbonyl (C=O) groups is 1. The number of aryl methyl sites for hydroxylation is 1. The smallest absolute Gasteiger partial charge is 0.277 e. The Morgan fingerprint density at radius 3 is 2.68 bits per heavy atom. The Morgan fingerprint density at radius 2 is 2.05 bits per heavy atom. The fourth-order valence-electron chi connectivity index (χ4n) is 1.67. The van der Waals surface area contributed by atoms with Gasteiger partial charge in [0.05, 0.1) is 6.54 Å². The van der Waals surface area contributed by atoms with Gasteiger partial charge in [0.2, 0.25) is 5.89 Å². The lowest BCUT2D eigenvalue weighted by Crippen LogP contribution is -2.13. The average molecular weight is 259 g/mol. The molecule has 100 valence electrons. The minimum absolute atomic E-state index is 0.268. The molecule has 0 unspecified atom stereocenters. The highest BCUT2D eigenvalue weighted by atomic mass is 16.3. The van der Waals surface area contributed by atoms with E-state index in [1.807, 2.05) is 24.3 Å². The second-order valence-corrected chi connectivity index (χ2v) is 4.16. The first-order chi connectivity index (χ1) is 9.22. The molecule has 1 heterocycles. The van der Waals surface area contributed by atoms with Crippen molar-refractivity contribution in [3.8, 4) is 0 Å². The summed E-state index contributed by atoms with van der Waals surface area (Å²) >= 11 is 0. The first-order valence-electron chi connectivity index (χ1n) is 6.22. The molecule has 0 aliphatic heterocycles. The van der Waals surface area contributed by atoms with E-state index in [2.05, 4.69) is 22.5 Å². The molecule has 0 radical (unpaired) electrons. The van der Waals surface area contributed by atoms with Crippen molar-refractivity contribution in [2.24, 2.45) is 0 Å². The Kier molecular flexibility index (Phi) is 4.30. The van der Waals surface area contributed by atoms with Gasteiger partial charge in [-0.15, -0.1) is 0 Å². The summed E-state index contributed by atoms with van der Waals surface area (Å²) in [5, 5.41) is 5.69. The van der Waals surface area contributed by atoms with E-state index in [1.54, 1.807) is 7.05 Å². The molecule has 5 heteroatoms. The van der Waals surface area contributed by atoms with Crippen LogP contribution in [0, 0.1) is 0 Å². The van der Waals surface area contributed by atoms with Crippen LogP contribution in [0.2, 0.25) is 0 Å². The van der Waals surface area contributed by atoms with E-state index in [0.717, 1.165) is 12.1 Å². The van der Waals surface area contributed by atoms with Gasteiger partial charge in [0, 0.05) is 5.69 Å². The Bertz CT molecular complexity index is 546. The second kappa shape index (κ2) is 6.15. The largest absolute Gasteiger partial charge is 0.447 e. The third-order valence-electron chi connectivity index (χ3n) is 2.73. The summed E-state index contributed by atoms with van der Waals surface area (Å²) in [7, 11) is 1.79. The summed E-state index contributed by atoms with van der Waals surface area (Å²) in [6.45, 7) is 2.59. The van der Waals surface area contributed by atoms with E-state index < -0.39 is 0 Å². The Labute approximate surface area is 112 Å². The third kappa shape index (κ3) is 3.42. The van der Waals surface area contributed by atoms with Crippen molar-refractivity contribution in [3.63, 3.8) is 0 Å². The number of hydrogen-bond donors (Lipinski definition) is 2. The predicted molar refractivity (Wildman–Crippen MR) is 73.0 cm³/mol. The Balaban J connectivity index is 2.02. The predicted octanol–water partition coefficient (Wildman–Crippen LogP) is 2.21. The number of nitrogens with one attached hydrogen (secondary N) is 2. The molecule has 0 aliphatic carbocycles. The maximum Gasteiger partial charge on any atom is 0.277 e. The standard InChI is InChI=1S/C14H17N3O2/c1-3-10-4-6-11(7-5-10)16-14(18)12-9-19-13(17-12)8-15-2/h4-7,9,15H,3,8H2,1-2H3,(H,16,18). The van der Waals surface area contributed by atoms with Crippen molar-refractivity contribution in [3.05, 3.63) is 47.7 Å². The highest BCUT2D eigenvalue weighted by molar-refractivity contribution is 6.02. The van der Waals surface area contributed by atoms with E-state index in [4.69, 9.17) is 4.42 Å². The first kappa shape index (κ1) is 13.3. The summed E-state index contributed by atoms with van der Waals surface area (Å²) < 4.78 is 5.17. The number of aromatic nitrogens is 1. The van der Waals surface area contributed by atoms with Crippen LogP contribution in [0.4, 0.5) is 5.69 Å². The quantitative estimate of drug-likeness (QED) is 0.864. The van der Waals surface area contributed by atoms with Gasteiger partial charge in [-0.05, 0) is 31.2 Å². The number of nitrogens with zero attached hydrogens (tertiary/aromatic N) is 1. The molecule has 2 rings (SSSR count). The number of hydrogen-bond acceptors (Lipinski definition) is 4. The molecule has 0 saturated carbocycles. The van der Waals surface area contributed by atoms with Crippen LogP contribution < -0.4 is 10.6 Å². The van der Waals surface area contributed by atoms with Crippen LogP contribution in [0.5, 0.6) is 0 Å². The lowest BCUT2D eigenvalue weighted by atomic mass is 10.1. The number of amides is 1. The van der Waals surface area contributed by atoms with Crippen LogP contribution in [0.3, 0.4) is 0 Å². The van der Waals surface area contributed by atoms with Gasteiger partial charge in [0.15, 0.2) is 5.69 Å². The molecular formula is C14H17N3O2. The number of benzene rings is 1. The topological polar surface area (TPSA) is 67.2 Å². The van der Waals surface area contributed by atoms with Gasteiger partial charge >= 0.3 is 0 Å². The number of carbonyl (C=O) groups excluding carboxylic acids is 1. The second-order valence-electron chi connectivity index (χ2n) is 4.16. The maximum absolute atomic E-state index is 11.9. The summed E-state index contributed by atoms with van der Waals surface area (Å²) in [5.41, 5.74) is 2.26. The van der Waals surface area contributed by atoms with Crippen molar-refractivity contribution in [1.82, 2.24) is 10.3 Å². The molecule has 1 aromatic carbocycles. The van der Waals surface area contributed by atoms with Gasteiger partial charge in [-0.1, -0.05) is 19.1 Å². The SMILES string of the molecule is CCc1ccc(NC(=O)c2coc(CNC)n2)cc1. The van der Waals surface area contributed by atoms with Crippen molar-refractivity contribution >= 4 is 11.6 Å². The minimum Gasteiger partial charge on any atom is -0.447 e. The molecule has 0 spiro atoms. The average Bonchev–Trinajstić information content (AvgIpc) is 2.89. The lowest BCUT2D eigenvalue weighted by Gasteiger charge is -2.03. The Hall–Kier alpha value is -2.14. The fraction of sp³-hybridized carbons (Fsp3) is 0.286. The molecule has 0 aliphatic rings. The molecule has 0 fully saturated rings. The van der Waals surface area contributed by atoms with E-state index in [0.29, 0.717) is 12.4 Å². The minimum atomic E-state index is -0.268. The van der Waals surface area contributed by atoms with Crippen molar-refractivity contribution < 1.29 is 9.21 Å². The molecule has 0 saturated heterocycles. The van der Waals surface area contributed by atoms with Gasteiger partial charge in [-0.2, -0.15) is 0 Å². The lowest BCUT2D eigenvalue weighted by molar-refractivity contribution is 0.102. The van der Waals surface area contributed by atoms with E-state index >= 15 is 0 Å². The molecule has 2 N–H and O–H groups in total. The van der Waals surface area contributed by atoms with Crippen LogP contribution in [-0.4, -0.2) is 17.9 Å². The highest BCUT2D eigenvalue weighted by Crippen LogP contribution is 2.11. The van der Waals surface area contributed by atoms with Gasteiger partial charge < -0.3 is 15.1 Å². The van der Waals surface area contributed by atoms with Gasteiger partial charge in [-0.3, -0.25) is 4.79 Å². The molecule has 1 aromatic heterocycles. The molecule has 5 nitrogen and oxygen atoms in total. The zero-order chi connectivity index (χ0) is 13.7. The van der Waals surface area contributed by atoms with Gasteiger partial charge in [-0.25, -0.2) is 4.98 Å². The summed E-state index contributed by atoms with van der Waals surface area (Å²) in [5.74, 6) is 0.226. The zero-order valence-electron chi connectivity index (χ0n) is 11.1. The monoisotopic (exact) mass is 259 g/mol. The first-order valence-corrected chi connectivity index (χ1v) is 6.22. The van der Waals surface area contributed by atoms with E-state index in [-0.39, 0.29) is 11.6 Å². The summed E-state index contributed by atoms with van der Waals surface area (Å²) in [6.07, 6.45) is 2.34. The molecule has 19 heavy (non-hydrogen) atoms. The molecule has 2 aromatic rings. The van der Waals surface area contributed by atoms with E-state index in [9.17, 15) is 4.79 Å². The van der Waals surface area contributed by atoms with Gasteiger partial charge in [0.25, 0.3) is 5.91 Å². The summed E-state index contributed by atoms with van der Waals surface area (Å²) in [4.78, 5) is 16.0. The van der Waals surface area contributed by atoms with Crippen molar-refractivity contribution in [2.45, 2.75) is 19.9 Å². The van der Waals surface area contributed by atoms with Crippen molar-refractivity contribution in [1.29, 1.82) is 0 Å². The van der Waals surface area contributed by atoms with Crippen LogP contribution in [0.25, 0.3) is 0 Å². The number of anilines is 1. The van der Waals surface area contributed by atoms with Crippen LogP contribution >= 0.6 is 0 Å².